The summed E-state index contributed by atoms with van der Waals surface area (Å²) in [5.41, 5.74) is 7.04. The topological polar surface area (TPSA) is 66.5 Å². The number of phenolic OH excluding ortho intramolecular Hbond substituents is 1. The number of nitrogen functional groups attached to an aromatic ring is 1. The molecular formula is C11H17NO2S. The monoisotopic (exact) mass is 227 g/mol. The summed E-state index contributed by atoms with van der Waals surface area (Å²) in [6.07, 6.45) is -0.315. The number of hydrogen-bond donors (Lipinski definition) is 3. The van der Waals surface area contributed by atoms with Gasteiger partial charge in [0.1, 0.15) is 5.75 Å². The molecule has 0 fully saturated rings. The highest BCUT2D eigenvalue weighted by molar-refractivity contribution is 7.99. The third-order valence-corrected chi connectivity index (χ3v) is 3.70. The molecule has 1 aromatic carbocycles. The average Bonchev–Trinajstić information content (AvgIpc) is 2.19. The van der Waals surface area contributed by atoms with Gasteiger partial charge >= 0.3 is 0 Å². The van der Waals surface area contributed by atoms with Crippen molar-refractivity contribution in [3.63, 3.8) is 0 Å². The summed E-state index contributed by atoms with van der Waals surface area (Å²) in [5, 5.41) is 18.7. The van der Waals surface area contributed by atoms with E-state index in [-0.39, 0.29) is 17.1 Å². The van der Waals surface area contributed by atoms with Crippen LogP contribution < -0.4 is 5.73 Å². The lowest BCUT2D eigenvalue weighted by Crippen LogP contribution is -2.15. The minimum atomic E-state index is -0.315. The highest BCUT2D eigenvalue weighted by Gasteiger charge is 2.09. The van der Waals surface area contributed by atoms with Gasteiger partial charge in [-0.2, -0.15) is 11.8 Å². The second kappa shape index (κ2) is 5.28. The number of thioether (sulfide) groups is 1. The minimum Gasteiger partial charge on any atom is -0.506 e. The van der Waals surface area contributed by atoms with E-state index in [4.69, 9.17) is 5.73 Å². The zero-order valence-corrected chi connectivity index (χ0v) is 9.79. The Labute approximate surface area is 94.3 Å². The lowest BCUT2D eigenvalue weighted by Gasteiger charge is -2.14. The van der Waals surface area contributed by atoms with Gasteiger partial charge in [-0.25, -0.2) is 0 Å². The number of nitrogens with two attached hydrogens (primary N) is 1. The highest BCUT2D eigenvalue weighted by Crippen LogP contribution is 2.25. The van der Waals surface area contributed by atoms with Crippen molar-refractivity contribution in [2.45, 2.75) is 31.0 Å². The summed E-state index contributed by atoms with van der Waals surface area (Å²) in [6.45, 7) is 3.77. The molecule has 1 aromatic rings. The first-order chi connectivity index (χ1) is 7.00. The highest BCUT2D eigenvalue weighted by atomic mass is 32.2. The van der Waals surface area contributed by atoms with Gasteiger partial charge in [0.05, 0.1) is 11.8 Å². The van der Waals surface area contributed by atoms with Crippen LogP contribution in [0.15, 0.2) is 18.2 Å². The fraction of sp³-hybridized carbons (Fsp3) is 0.455. The van der Waals surface area contributed by atoms with Crippen molar-refractivity contribution in [2.75, 3.05) is 5.73 Å². The van der Waals surface area contributed by atoms with Crippen LogP contribution in [0.1, 0.15) is 19.4 Å². The van der Waals surface area contributed by atoms with E-state index in [1.54, 1.807) is 30.8 Å². The molecule has 0 heterocycles. The minimum absolute atomic E-state index is 0.118. The third-order valence-electron chi connectivity index (χ3n) is 2.28. The maximum atomic E-state index is 9.31. The molecule has 4 N–H and O–H groups in total. The quantitative estimate of drug-likeness (QED) is 0.543. The zero-order chi connectivity index (χ0) is 11.4. The van der Waals surface area contributed by atoms with Crippen LogP contribution in [0.4, 0.5) is 5.69 Å². The predicted molar refractivity (Wildman–Crippen MR) is 65.0 cm³/mol. The fourth-order valence-electron chi connectivity index (χ4n) is 1.06. The molecule has 3 nitrogen and oxygen atoms in total. The van der Waals surface area contributed by atoms with Gasteiger partial charge in [-0.1, -0.05) is 13.0 Å². The first kappa shape index (κ1) is 12.2. The summed E-state index contributed by atoms with van der Waals surface area (Å²) in [7, 11) is 0. The van der Waals surface area contributed by atoms with Gasteiger partial charge in [0.15, 0.2) is 0 Å². The van der Waals surface area contributed by atoms with E-state index in [9.17, 15) is 10.2 Å². The van der Waals surface area contributed by atoms with Crippen molar-refractivity contribution >= 4 is 17.4 Å². The first-order valence-corrected chi connectivity index (χ1v) is 5.92. The van der Waals surface area contributed by atoms with Crippen LogP contribution in [-0.4, -0.2) is 21.6 Å². The SMILES string of the molecule is CC(O)C(C)SCc1ccc(O)c(N)c1. The average molecular weight is 227 g/mol. The van der Waals surface area contributed by atoms with Gasteiger partial charge in [-0.3, -0.25) is 0 Å². The summed E-state index contributed by atoms with van der Waals surface area (Å²) in [4.78, 5) is 0. The van der Waals surface area contributed by atoms with E-state index < -0.39 is 0 Å². The Morgan fingerprint density at radius 1 is 1.40 bits per heavy atom. The Morgan fingerprint density at radius 3 is 2.60 bits per heavy atom. The third kappa shape index (κ3) is 3.64. The molecule has 2 atom stereocenters. The molecule has 4 heteroatoms. The second-order valence-corrected chi connectivity index (χ2v) is 5.02. The number of benzene rings is 1. The molecule has 0 radical (unpaired) electrons. The Bertz CT molecular complexity index is 328. The Balaban J connectivity index is 2.55. The molecule has 84 valence electrons. The van der Waals surface area contributed by atoms with Crippen molar-refractivity contribution in [3.8, 4) is 5.75 Å². The van der Waals surface area contributed by atoms with Crippen LogP contribution in [0.5, 0.6) is 5.75 Å². The van der Waals surface area contributed by atoms with Gasteiger partial charge in [-0.15, -0.1) is 0 Å². The van der Waals surface area contributed by atoms with Crippen molar-refractivity contribution in [2.24, 2.45) is 0 Å². The van der Waals surface area contributed by atoms with Crippen LogP contribution in [-0.2, 0) is 5.75 Å². The van der Waals surface area contributed by atoms with Gasteiger partial charge in [0, 0.05) is 11.0 Å². The molecule has 0 saturated carbocycles. The van der Waals surface area contributed by atoms with Crippen LogP contribution in [0.25, 0.3) is 0 Å². The number of aliphatic hydroxyl groups excluding tert-OH is 1. The van der Waals surface area contributed by atoms with Gasteiger partial charge in [0.2, 0.25) is 0 Å². The van der Waals surface area contributed by atoms with E-state index in [0.717, 1.165) is 11.3 Å². The maximum absolute atomic E-state index is 9.31. The molecule has 0 aliphatic carbocycles. The van der Waals surface area contributed by atoms with Gasteiger partial charge in [-0.05, 0) is 24.6 Å². The number of aromatic hydroxyl groups is 1. The van der Waals surface area contributed by atoms with E-state index in [2.05, 4.69) is 0 Å². The standard InChI is InChI=1S/C11H17NO2S/c1-7(13)8(2)15-6-9-3-4-11(14)10(12)5-9/h3-5,7-8,13-14H,6,12H2,1-2H3. The largest absolute Gasteiger partial charge is 0.506 e. The van der Waals surface area contributed by atoms with Crippen LogP contribution in [0, 0.1) is 0 Å². The van der Waals surface area contributed by atoms with Crippen molar-refractivity contribution in [1.29, 1.82) is 0 Å². The molecule has 0 amide bonds. The van der Waals surface area contributed by atoms with Crippen molar-refractivity contribution in [1.82, 2.24) is 0 Å². The summed E-state index contributed by atoms with van der Waals surface area (Å²) >= 11 is 1.66. The molecule has 0 aromatic heterocycles. The number of hydrogen-bond acceptors (Lipinski definition) is 4. The second-order valence-electron chi connectivity index (χ2n) is 3.65. The van der Waals surface area contributed by atoms with Crippen molar-refractivity contribution < 1.29 is 10.2 Å². The van der Waals surface area contributed by atoms with E-state index in [0.29, 0.717) is 5.69 Å². The molecule has 0 saturated heterocycles. The van der Waals surface area contributed by atoms with Gasteiger partial charge < -0.3 is 15.9 Å². The maximum Gasteiger partial charge on any atom is 0.138 e. The van der Waals surface area contributed by atoms with E-state index >= 15 is 0 Å². The zero-order valence-electron chi connectivity index (χ0n) is 8.97. The first-order valence-electron chi connectivity index (χ1n) is 4.87. The Hall–Kier alpha value is -0.870. The van der Waals surface area contributed by atoms with E-state index in [1.807, 2.05) is 13.0 Å². The molecular weight excluding hydrogens is 210 g/mol. The molecule has 15 heavy (non-hydrogen) atoms. The number of phenols is 1. The fourth-order valence-corrected chi connectivity index (χ4v) is 1.97. The summed E-state index contributed by atoms with van der Waals surface area (Å²) < 4.78 is 0. The summed E-state index contributed by atoms with van der Waals surface area (Å²) in [5.74, 6) is 0.906. The smallest absolute Gasteiger partial charge is 0.138 e. The number of anilines is 1. The van der Waals surface area contributed by atoms with Gasteiger partial charge in [0.25, 0.3) is 0 Å². The lowest BCUT2D eigenvalue weighted by atomic mass is 10.2. The molecule has 0 bridgehead atoms. The predicted octanol–water partition coefficient (Wildman–Crippen LogP) is 1.98. The van der Waals surface area contributed by atoms with Crippen LogP contribution in [0.2, 0.25) is 0 Å². The van der Waals surface area contributed by atoms with Crippen LogP contribution in [0.3, 0.4) is 0 Å². The molecule has 1 rings (SSSR count). The Kier molecular flexibility index (Phi) is 4.29. The molecule has 0 spiro atoms. The molecule has 0 aliphatic heterocycles. The molecule has 0 aliphatic rings. The normalized spacial score (nSPS) is 14.9. The Morgan fingerprint density at radius 2 is 2.07 bits per heavy atom. The lowest BCUT2D eigenvalue weighted by molar-refractivity contribution is 0.196. The number of aliphatic hydroxyl groups is 1. The van der Waals surface area contributed by atoms with Crippen LogP contribution >= 0.6 is 11.8 Å². The van der Waals surface area contributed by atoms with Crippen molar-refractivity contribution in [3.05, 3.63) is 23.8 Å². The summed E-state index contributed by atoms with van der Waals surface area (Å²) in [6, 6.07) is 5.20. The van der Waals surface area contributed by atoms with E-state index in [1.165, 1.54) is 0 Å². The molecule has 2 unspecified atom stereocenters. The number of rotatable bonds is 4.